The Morgan fingerprint density at radius 3 is 2.48 bits per heavy atom. The number of hydrogen-bond donors (Lipinski definition) is 0. The van der Waals surface area contributed by atoms with Gasteiger partial charge in [0.2, 0.25) is 0 Å². The third-order valence-corrected chi connectivity index (χ3v) is 3.12. The van der Waals surface area contributed by atoms with Gasteiger partial charge in [-0.2, -0.15) is 13.2 Å². The molecular formula is C17H18F3NO2. The van der Waals surface area contributed by atoms with E-state index < -0.39 is 24.2 Å². The lowest BCUT2D eigenvalue weighted by molar-refractivity contribution is -0.134. The fourth-order valence-corrected chi connectivity index (χ4v) is 2.15. The normalized spacial score (nSPS) is 12.4. The quantitative estimate of drug-likeness (QED) is 0.769. The second-order valence-corrected chi connectivity index (χ2v) is 6.33. The number of carbonyl (C=O) groups excluding carboxylic acids is 1. The fourth-order valence-electron chi connectivity index (χ4n) is 2.15. The molecule has 23 heavy (non-hydrogen) atoms. The lowest BCUT2D eigenvalue weighted by atomic mass is 10.0. The van der Waals surface area contributed by atoms with Crippen molar-refractivity contribution in [2.75, 3.05) is 0 Å². The molecule has 0 amide bonds. The van der Waals surface area contributed by atoms with Gasteiger partial charge in [0.25, 0.3) is 0 Å². The van der Waals surface area contributed by atoms with Gasteiger partial charge in [-0.05, 0) is 51.0 Å². The second kappa shape index (κ2) is 6.18. The van der Waals surface area contributed by atoms with Crippen molar-refractivity contribution in [3.8, 4) is 0 Å². The van der Waals surface area contributed by atoms with Crippen LogP contribution < -0.4 is 0 Å². The van der Waals surface area contributed by atoms with E-state index in [0.29, 0.717) is 22.0 Å². The van der Waals surface area contributed by atoms with Crippen molar-refractivity contribution in [3.63, 3.8) is 0 Å². The van der Waals surface area contributed by atoms with Crippen LogP contribution in [0.5, 0.6) is 0 Å². The molecule has 0 aliphatic heterocycles. The highest BCUT2D eigenvalue weighted by Gasteiger charge is 2.26. The number of halogens is 3. The first-order chi connectivity index (χ1) is 10.6. The Hall–Kier alpha value is -2.11. The predicted octanol–water partition coefficient (Wildman–Crippen LogP) is 4.69. The summed E-state index contributed by atoms with van der Waals surface area (Å²) >= 11 is 0. The van der Waals surface area contributed by atoms with Crippen molar-refractivity contribution in [2.24, 2.45) is 0 Å². The third-order valence-electron chi connectivity index (χ3n) is 3.12. The van der Waals surface area contributed by atoms with E-state index in [1.165, 1.54) is 12.3 Å². The number of esters is 1. The molecule has 0 bridgehead atoms. The van der Waals surface area contributed by atoms with Crippen molar-refractivity contribution in [1.29, 1.82) is 0 Å². The Kier molecular flexibility index (Phi) is 4.63. The van der Waals surface area contributed by atoms with Crippen LogP contribution in [0.1, 0.15) is 43.1 Å². The molecule has 0 atom stereocenters. The maximum atomic E-state index is 12.4. The first kappa shape index (κ1) is 17.2. The minimum Gasteiger partial charge on any atom is -0.456 e. The number of fused-ring (bicyclic) bond motifs is 1. The molecule has 0 aliphatic rings. The molecular weight excluding hydrogens is 307 g/mol. The Morgan fingerprint density at radius 2 is 1.87 bits per heavy atom. The molecule has 3 nitrogen and oxygen atoms in total. The molecule has 124 valence electrons. The smallest absolute Gasteiger partial charge is 0.389 e. The largest absolute Gasteiger partial charge is 0.456 e. The summed E-state index contributed by atoms with van der Waals surface area (Å²) in [6.45, 7) is 5.26. The fraction of sp³-hybridized carbons (Fsp3) is 0.412. The average molecular weight is 325 g/mol. The lowest BCUT2D eigenvalue weighted by Gasteiger charge is -2.20. The minimum absolute atomic E-state index is 0.137. The van der Waals surface area contributed by atoms with Gasteiger partial charge in [-0.3, -0.25) is 4.98 Å². The molecule has 0 N–H and O–H groups in total. The van der Waals surface area contributed by atoms with Crippen LogP contribution in [0.4, 0.5) is 13.2 Å². The lowest BCUT2D eigenvalue weighted by Crippen LogP contribution is -2.24. The maximum absolute atomic E-state index is 12.4. The van der Waals surface area contributed by atoms with E-state index in [0.717, 1.165) is 0 Å². The van der Waals surface area contributed by atoms with Gasteiger partial charge in [-0.15, -0.1) is 0 Å². The highest BCUT2D eigenvalue weighted by Crippen LogP contribution is 2.25. The average Bonchev–Trinajstić information content (AvgIpc) is 2.41. The van der Waals surface area contributed by atoms with E-state index >= 15 is 0 Å². The van der Waals surface area contributed by atoms with Gasteiger partial charge in [-0.1, -0.05) is 6.07 Å². The minimum atomic E-state index is -4.21. The molecule has 0 unspecified atom stereocenters. The van der Waals surface area contributed by atoms with Crippen LogP contribution >= 0.6 is 0 Å². The first-order valence-electron chi connectivity index (χ1n) is 7.23. The third kappa shape index (κ3) is 4.94. The molecule has 1 heterocycles. The molecule has 2 aromatic rings. The number of alkyl halides is 3. The topological polar surface area (TPSA) is 39.2 Å². The Balaban J connectivity index is 2.36. The SMILES string of the molecule is CC(C)(C)OC(=O)c1ccnc2ccc(CCC(F)(F)F)cc12. The van der Waals surface area contributed by atoms with Crippen molar-refractivity contribution >= 4 is 16.9 Å². The van der Waals surface area contributed by atoms with Crippen LogP contribution in [-0.4, -0.2) is 22.7 Å². The number of benzene rings is 1. The zero-order chi connectivity index (χ0) is 17.3. The van der Waals surface area contributed by atoms with Gasteiger partial charge in [0.15, 0.2) is 0 Å². The van der Waals surface area contributed by atoms with Gasteiger partial charge in [0.05, 0.1) is 11.1 Å². The van der Waals surface area contributed by atoms with Crippen molar-refractivity contribution in [1.82, 2.24) is 4.98 Å². The summed E-state index contributed by atoms with van der Waals surface area (Å²) in [7, 11) is 0. The summed E-state index contributed by atoms with van der Waals surface area (Å²) in [5, 5.41) is 0.501. The van der Waals surface area contributed by atoms with Gasteiger partial charge in [0, 0.05) is 18.0 Å². The van der Waals surface area contributed by atoms with Crippen LogP contribution in [0.15, 0.2) is 30.5 Å². The van der Waals surface area contributed by atoms with Gasteiger partial charge >= 0.3 is 12.1 Å². The highest BCUT2D eigenvalue weighted by molar-refractivity contribution is 6.03. The van der Waals surface area contributed by atoms with E-state index in [2.05, 4.69) is 4.98 Å². The molecule has 0 radical (unpaired) electrons. The summed E-state index contributed by atoms with van der Waals surface area (Å²) in [5.41, 5.74) is 0.705. The molecule has 1 aromatic heterocycles. The molecule has 0 fully saturated rings. The summed E-state index contributed by atoms with van der Waals surface area (Å²) in [6, 6.07) is 6.31. The number of ether oxygens (including phenoxy) is 1. The molecule has 0 aliphatic carbocycles. The predicted molar refractivity (Wildman–Crippen MR) is 81.3 cm³/mol. The number of carbonyl (C=O) groups is 1. The number of aromatic nitrogens is 1. The Bertz CT molecular complexity index is 718. The van der Waals surface area contributed by atoms with Gasteiger partial charge in [0.1, 0.15) is 5.60 Å². The van der Waals surface area contributed by atoms with Crippen LogP contribution in [-0.2, 0) is 11.2 Å². The Morgan fingerprint density at radius 1 is 1.17 bits per heavy atom. The van der Waals surface area contributed by atoms with Crippen LogP contribution in [0.3, 0.4) is 0 Å². The van der Waals surface area contributed by atoms with E-state index in [9.17, 15) is 18.0 Å². The van der Waals surface area contributed by atoms with E-state index in [1.807, 2.05) is 0 Å². The first-order valence-corrected chi connectivity index (χ1v) is 7.23. The Labute approximate surface area is 132 Å². The number of rotatable bonds is 3. The summed E-state index contributed by atoms with van der Waals surface area (Å²) < 4.78 is 42.4. The van der Waals surface area contributed by atoms with E-state index in [4.69, 9.17) is 4.74 Å². The van der Waals surface area contributed by atoms with Gasteiger partial charge < -0.3 is 4.74 Å². The zero-order valence-corrected chi connectivity index (χ0v) is 13.2. The second-order valence-electron chi connectivity index (χ2n) is 6.33. The standard InChI is InChI=1S/C17H18F3NO2/c1-16(2,3)23-15(22)12-7-9-21-14-5-4-11(10-13(12)14)6-8-17(18,19)20/h4-5,7,9-10H,6,8H2,1-3H3. The number of aryl methyl sites for hydroxylation is 1. The summed E-state index contributed by atoms with van der Waals surface area (Å²) in [5.74, 6) is -0.516. The van der Waals surface area contributed by atoms with Crippen molar-refractivity contribution in [2.45, 2.75) is 45.4 Å². The maximum Gasteiger partial charge on any atom is 0.389 e. The molecule has 2 rings (SSSR count). The highest BCUT2D eigenvalue weighted by atomic mass is 19.4. The monoisotopic (exact) mass is 325 g/mol. The van der Waals surface area contributed by atoms with E-state index in [1.54, 1.807) is 39.0 Å². The summed E-state index contributed by atoms with van der Waals surface area (Å²) in [6.07, 6.45) is -3.77. The van der Waals surface area contributed by atoms with E-state index in [-0.39, 0.29) is 6.42 Å². The van der Waals surface area contributed by atoms with Crippen LogP contribution in [0.25, 0.3) is 10.9 Å². The van der Waals surface area contributed by atoms with Crippen molar-refractivity contribution < 1.29 is 22.7 Å². The molecule has 0 saturated heterocycles. The summed E-state index contributed by atoms with van der Waals surface area (Å²) in [4.78, 5) is 16.4. The number of pyridine rings is 1. The van der Waals surface area contributed by atoms with Gasteiger partial charge in [-0.25, -0.2) is 4.79 Å². The number of hydrogen-bond acceptors (Lipinski definition) is 3. The molecule has 1 aromatic carbocycles. The van der Waals surface area contributed by atoms with Crippen LogP contribution in [0.2, 0.25) is 0 Å². The van der Waals surface area contributed by atoms with Crippen molar-refractivity contribution in [3.05, 3.63) is 41.6 Å². The molecule has 6 heteroatoms. The molecule has 0 spiro atoms. The van der Waals surface area contributed by atoms with Crippen LogP contribution in [0, 0.1) is 0 Å². The zero-order valence-electron chi connectivity index (χ0n) is 13.2. The molecule has 0 saturated carbocycles. The number of nitrogens with zero attached hydrogens (tertiary/aromatic N) is 1.